The molecule has 0 aliphatic heterocycles. The number of carbonyl (C=O) groups is 1. The number of nitrogens with one attached hydrogen (secondary N) is 1. The summed E-state index contributed by atoms with van der Waals surface area (Å²) in [7, 11) is 1.57. The highest BCUT2D eigenvalue weighted by Crippen LogP contribution is 2.25. The predicted molar refractivity (Wildman–Crippen MR) is 123 cm³/mol. The second-order valence-electron chi connectivity index (χ2n) is 6.79. The number of benzene rings is 1. The smallest absolute Gasteiger partial charge is 0.273 e. The molecule has 0 radical (unpaired) electrons. The van der Waals surface area contributed by atoms with E-state index in [0.717, 1.165) is 0 Å². The van der Waals surface area contributed by atoms with Crippen molar-refractivity contribution in [1.82, 2.24) is 19.2 Å². The lowest BCUT2D eigenvalue weighted by Gasteiger charge is -2.08. The molecule has 9 nitrogen and oxygen atoms in total. The molecule has 0 unspecified atom stereocenters. The van der Waals surface area contributed by atoms with Crippen LogP contribution < -0.4 is 15.6 Å². The molecule has 1 aromatic carbocycles. The first-order valence-electron chi connectivity index (χ1n) is 9.58. The third-order valence-electron chi connectivity index (χ3n) is 4.76. The van der Waals surface area contributed by atoms with Gasteiger partial charge in [0.2, 0.25) is 11.7 Å². The minimum Gasteiger partial charge on any atom is -0.497 e. The Balaban J connectivity index is 1.44. The Morgan fingerprint density at radius 2 is 2.16 bits per heavy atom. The number of rotatable bonds is 7. The lowest BCUT2D eigenvalue weighted by molar-refractivity contribution is -0.113. The molecule has 1 amide bonds. The Hall–Kier alpha value is -3.57. The van der Waals surface area contributed by atoms with Crippen LogP contribution in [0.5, 0.6) is 5.75 Å². The molecular formula is C21H17N5O4S2. The van der Waals surface area contributed by atoms with Crippen LogP contribution in [0.2, 0.25) is 0 Å². The van der Waals surface area contributed by atoms with Crippen molar-refractivity contribution in [3.8, 4) is 5.75 Å². The normalized spacial score (nSPS) is 11.3. The Labute approximate surface area is 189 Å². The Morgan fingerprint density at radius 1 is 1.25 bits per heavy atom. The number of anilines is 1. The summed E-state index contributed by atoms with van der Waals surface area (Å²) in [5.41, 5.74) is 1.21. The van der Waals surface area contributed by atoms with Gasteiger partial charge in [-0.3, -0.25) is 18.6 Å². The molecule has 5 rings (SSSR count). The van der Waals surface area contributed by atoms with Gasteiger partial charge in [0.05, 0.1) is 31.2 Å². The van der Waals surface area contributed by atoms with Gasteiger partial charge >= 0.3 is 0 Å². The van der Waals surface area contributed by atoms with Gasteiger partial charge in [0, 0.05) is 11.8 Å². The Bertz CT molecular complexity index is 1470. The first kappa shape index (κ1) is 20.3. The summed E-state index contributed by atoms with van der Waals surface area (Å²) in [6, 6.07) is 12.6. The molecule has 4 aromatic heterocycles. The van der Waals surface area contributed by atoms with Crippen LogP contribution in [0, 0.1) is 0 Å². The number of thioether (sulfide) groups is 1. The van der Waals surface area contributed by atoms with E-state index in [0.29, 0.717) is 38.3 Å². The van der Waals surface area contributed by atoms with Crippen LogP contribution in [0.3, 0.4) is 0 Å². The summed E-state index contributed by atoms with van der Waals surface area (Å²) in [5, 5.41) is 13.7. The maximum Gasteiger partial charge on any atom is 0.273 e. The summed E-state index contributed by atoms with van der Waals surface area (Å²) >= 11 is 2.60. The standard InChI is InChI=1S/C21H17N5O4S2/c1-29-14-5-2-4-13(10-14)22-17(27)12-32-21-24-23-20-25(11-15-6-3-8-30-15)19(28)18-16(26(20)21)7-9-31-18/h2-10H,11-12H2,1H3,(H,22,27). The van der Waals surface area contributed by atoms with Crippen molar-refractivity contribution in [2.45, 2.75) is 11.7 Å². The largest absolute Gasteiger partial charge is 0.497 e. The van der Waals surface area contributed by atoms with Crippen molar-refractivity contribution in [2.24, 2.45) is 0 Å². The lowest BCUT2D eigenvalue weighted by atomic mass is 10.3. The number of amides is 1. The van der Waals surface area contributed by atoms with E-state index in [-0.39, 0.29) is 23.8 Å². The molecule has 0 atom stereocenters. The van der Waals surface area contributed by atoms with Gasteiger partial charge < -0.3 is 14.5 Å². The van der Waals surface area contributed by atoms with Gasteiger partial charge in [0.1, 0.15) is 16.2 Å². The second-order valence-corrected chi connectivity index (χ2v) is 8.65. The molecule has 0 aliphatic carbocycles. The fraction of sp³-hybridized carbons (Fsp3) is 0.143. The van der Waals surface area contributed by atoms with E-state index >= 15 is 0 Å². The zero-order valence-corrected chi connectivity index (χ0v) is 18.5. The average Bonchev–Trinajstić information content (AvgIpc) is 3.56. The molecule has 0 aliphatic rings. The molecule has 1 N–H and O–H groups in total. The van der Waals surface area contributed by atoms with Crippen LogP contribution in [-0.2, 0) is 11.3 Å². The summed E-state index contributed by atoms with van der Waals surface area (Å²) in [4.78, 5) is 25.5. The highest BCUT2D eigenvalue weighted by Gasteiger charge is 2.19. The van der Waals surface area contributed by atoms with Gasteiger partial charge in [-0.2, -0.15) is 0 Å². The van der Waals surface area contributed by atoms with Crippen molar-refractivity contribution >= 4 is 50.7 Å². The number of methoxy groups -OCH3 is 1. The van der Waals surface area contributed by atoms with Gasteiger partial charge in [-0.1, -0.05) is 17.8 Å². The Kier molecular flexibility index (Phi) is 5.41. The number of carbonyl (C=O) groups excluding carboxylic acids is 1. The molecule has 0 spiro atoms. The quantitative estimate of drug-likeness (QED) is 0.366. The summed E-state index contributed by atoms with van der Waals surface area (Å²) < 4.78 is 14.5. The molecule has 0 saturated carbocycles. The monoisotopic (exact) mass is 467 g/mol. The molecule has 32 heavy (non-hydrogen) atoms. The van der Waals surface area contributed by atoms with E-state index in [1.54, 1.807) is 54.2 Å². The topological polar surface area (TPSA) is 104 Å². The van der Waals surface area contributed by atoms with E-state index in [1.165, 1.54) is 27.7 Å². The number of thiophene rings is 1. The average molecular weight is 468 g/mol. The van der Waals surface area contributed by atoms with Crippen molar-refractivity contribution in [3.63, 3.8) is 0 Å². The van der Waals surface area contributed by atoms with E-state index < -0.39 is 0 Å². The fourth-order valence-corrected chi connectivity index (χ4v) is 4.89. The molecule has 0 bridgehead atoms. The van der Waals surface area contributed by atoms with Crippen LogP contribution in [0.4, 0.5) is 5.69 Å². The zero-order valence-electron chi connectivity index (χ0n) is 16.8. The van der Waals surface area contributed by atoms with Crippen molar-refractivity contribution < 1.29 is 13.9 Å². The van der Waals surface area contributed by atoms with E-state index in [9.17, 15) is 9.59 Å². The first-order valence-corrected chi connectivity index (χ1v) is 11.4. The third-order valence-corrected chi connectivity index (χ3v) is 6.58. The molecule has 5 aromatic rings. The van der Waals surface area contributed by atoms with Crippen LogP contribution >= 0.6 is 23.1 Å². The highest BCUT2D eigenvalue weighted by molar-refractivity contribution is 7.99. The highest BCUT2D eigenvalue weighted by atomic mass is 32.2. The van der Waals surface area contributed by atoms with Crippen LogP contribution in [0.15, 0.2) is 68.5 Å². The number of hydrogen-bond acceptors (Lipinski definition) is 8. The Morgan fingerprint density at radius 3 is 2.97 bits per heavy atom. The van der Waals surface area contributed by atoms with Gasteiger partial charge in [-0.05, 0) is 35.7 Å². The first-order chi connectivity index (χ1) is 15.6. The summed E-state index contributed by atoms with van der Waals surface area (Å²) in [5.74, 6) is 1.63. The van der Waals surface area contributed by atoms with Gasteiger partial charge in [-0.15, -0.1) is 21.5 Å². The summed E-state index contributed by atoms with van der Waals surface area (Å²) in [6.07, 6.45) is 1.56. The number of ether oxygens (including phenoxy) is 1. The van der Waals surface area contributed by atoms with Gasteiger partial charge in [0.15, 0.2) is 5.16 Å². The molecule has 11 heteroatoms. The van der Waals surface area contributed by atoms with Gasteiger partial charge in [-0.25, -0.2) is 0 Å². The minimum absolute atomic E-state index is 0.126. The second kappa shape index (κ2) is 8.52. The van der Waals surface area contributed by atoms with Crippen LogP contribution in [-0.4, -0.2) is 37.9 Å². The van der Waals surface area contributed by atoms with Crippen molar-refractivity contribution in [3.05, 3.63) is 70.2 Å². The van der Waals surface area contributed by atoms with Crippen LogP contribution in [0.25, 0.3) is 16.0 Å². The zero-order chi connectivity index (χ0) is 22.1. The maximum absolute atomic E-state index is 13.0. The van der Waals surface area contributed by atoms with E-state index in [1.807, 2.05) is 11.4 Å². The lowest BCUT2D eigenvalue weighted by Crippen LogP contribution is -2.23. The number of aromatic nitrogens is 4. The molecule has 162 valence electrons. The van der Waals surface area contributed by atoms with E-state index in [4.69, 9.17) is 9.15 Å². The fourth-order valence-electron chi connectivity index (χ4n) is 3.32. The third kappa shape index (κ3) is 3.76. The number of fused-ring (bicyclic) bond motifs is 3. The SMILES string of the molecule is COc1cccc(NC(=O)CSc2nnc3n(Cc4ccco4)c(=O)c4sccc4n23)c1. The summed E-state index contributed by atoms with van der Waals surface area (Å²) in [6.45, 7) is 0.238. The number of nitrogens with zero attached hydrogens (tertiary/aromatic N) is 4. The molecule has 4 heterocycles. The molecule has 0 fully saturated rings. The maximum atomic E-state index is 13.0. The van der Waals surface area contributed by atoms with Crippen LogP contribution in [0.1, 0.15) is 5.76 Å². The predicted octanol–water partition coefficient (Wildman–Crippen LogP) is 3.49. The van der Waals surface area contributed by atoms with Crippen molar-refractivity contribution in [2.75, 3.05) is 18.2 Å². The number of hydrogen-bond donors (Lipinski definition) is 1. The van der Waals surface area contributed by atoms with E-state index in [2.05, 4.69) is 15.5 Å². The molecular weight excluding hydrogens is 450 g/mol. The van der Waals surface area contributed by atoms with Gasteiger partial charge in [0.25, 0.3) is 5.56 Å². The van der Waals surface area contributed by atoms with Crippen molar-refractivity contribution in [1.29, 1.82) is 0 Å². The molecule has 0 saturated heterocycles. The minimum atomic E-state index is -0.189. The number of furan rings is 1.